The predicted molar refractivity (Wildman–Crippen MR) is 62.5 cm³/mol. The SMILES string of the molecule is Cc1nccnc1C(C)N1CCC(C(=O)O)C1. The van der Waals surface area contributed by atoms with Crippen molar-refractivity contribution < 1.29 is 9.90 Å². The van der Waals surface area contributed by atoms with Gasteiger partial charge >= 0.3 is 5.97 Å². The van der Waals surface area contributed by atoms with Gasteiger partial charge in [-0.25, -0.2) is 0 Å². The highest BCUT2D eigenvalue weighted by molar-refractivity contribution is 5.70. The molecule has 92 valence electrons. The van der Waals surface area contributed by atoms with Gasteiger partial charge in [0.1, 0.15) is 0 Å². The molecule has 0 spiro atoms. The molecule has 0 aromatic carbocycles. The van der Waals surface area contributed by atoms with Gasteiger partial charge in [0.2, 0.25) is 0 Å². The molecule has 17 heavy (non-hydrogen) atoms. The average Bonchev–Trinajstić information content (AvgIpc) is 2.78. The lowest BCUT2D eigenvalue weighted by Gasteiger charge is -2.24. The summed E-state index contributed by atoms with van der Waals surface area (Å²) in [5.41, 5.74) is 1.86. The van der Waals surface area contributed by atoms with Crippen LogP contribution in [0.4, 0.5) is 0 Å². The molecule has 1 aliphatic rings. The third-order valence-corrected chi connectivity index (χ3v) is 3.43. The maximum absolute atomic E-state index is 10.9. The summed E-state index contributed by atoms with van der Waals surface area (Å²) in [5, 5.41) is 8.98. The van der Waals surface area contributed by atoms with Crippen molar-refractivity contribution in [1.82, 2.24) is 14.9 Å². The van der Waals surface area contributed by atoms with Gasteiger partial charge in [0.15, 0.2) is 0 Å². The molecule has 0 radical (unpaired) electrons. The number of aliphatic carboxylic acids is 1. The van der Waals surface area contributed by atoms with Crippen LogP contribution in [-0.2, 0) is 4.79 Å². The standard InChI is InChI=1S/C12H17N3O2/c1-8-11(14-5-4-13-8)9(2)15-6-3-10(7-15)12(16)17/h4-5,9-10H,3,6-7H2,1-2H3,(H,16,17). The maximum Gasteiger partial charge on any atom is 0.307 e. The van der Waals surface area contributed by atoms with Crippen LogP contribution in [0.1, 0.15) is 30.8 Å². The number of aryl methyl sites for hydroxylation is 1. The van der Waals surface area contributed by atoms with Gasteiger partial charge in [-0.1, -0.05) is 0 Å². The minimum atomic E-state index is -0.699. The highest BCUT2D eigenvalue weighted by Gasteiger charge is 2.31. The zero-order valence-electron chi connectivity index (χ0n) is 10.1. The zero-order chi connectivity index (χ0) is 12.4. The molecule has 2 unspecified atom stereocenters. The zero-order valence-corrected chi connectivity index (χ0v) is 10.1. The quantitative estimate of drug-likeness (QED) is 0.854. The highest BCUT2D eigenvalue weighted by Crippen LogP contribution is 2.27. The Balaban J connectivity index is 2.09. The van der Waals surface area contributed by atoms with Gasteiger partial charge in [-0.3, -0.25) is 19.7 Å². The monoisotopic (exact) mass is 235 g/mol. The molecule has 1 fully saturated rings. The van der Waals surface area contributed by atoms with Gasteiger partial charge in [0.25, 0.3) is 0 Å². The number of carboxylic acid groups (broad SMARTS) is 1. The Morgan fingerprint density at radius 1 is 1.53 bits per heavy atom. The number of hydrogen-bond acceptors (Lipinski definition) is 4. The van der Waals surface area contributed by atoms with E-state index in [9.17, 15) is 4.79 Å². The van der Waals surface area contributed by atoms with Crippen molar-refractivity contribution in [3.8, 4) is 0 Å². The van der Waals surface area contributed by atoms with E-state index in [2.05, 4.69) is 21.8 Å². The molecule has 2 atom stereocenters. The molecule has 1 saturated heterocycles. The van der Waals surface area contributed by atoms with Gasteiger partial charge in [0.05, 0.1) is 23.3 Å². The van der Waals surface area contributed by atoms with Crippen molar-refractivity contribution in [2.45, 2.75) is 26.3 Å². The van der Waals surface area contributed by atoms with Crippen molar-refractivity contribution >= 4 is 5.97 Å². The van der Waals surface area contributed by atoms with E-state index in [1.54, 1.807) is 12.4 Å². The van der Waals surface area contributed by atoms with Crippen molar-refractivity contribution in [2.24, 2.45) is 5.92 Å². The Morgan fingerprint density at radius 3 is 2.82 bits per heavy atom. The molecule has 5 heteroatoms. The van der Waals surface area contributed by atoms with Gasteiger partial charge in [-0.05, 0) is 26.8 Å². The Hall–Kier alpha value is -1.49. The number of aromatic nitrogens is 2. The van der Waals surface area contributed by atoms with Crippen LogP contribution >= 0.6 is 0 Å². The largest absolute Gasteiger partial charge is 0.481 e. The van der Waals surface area contributed by atoms with Crippen molar-refractivity contribution in [2.75, 3.05) is 13.1 Å². The van der Waals surface area contributed by atoms with E-state index < -0.39 is 5.97 Å². The van der Waals surface area contributed by atoms with Crippen LogP contribution in [0, 0.1) is 12.8 Å². The molecule has 2 rings (SSSR count). The first-order valence-electron chi connectivity index (χ1n) is 5.84. The van der Waals surface area contributed by atoms with Crippen molar-refractivity contribution in [3.05, 3.63) is 23.8 Å². The van der Waals surface area contributed by atoms with Crippen molar-refractivity contribution in [1.29, 1.82) is 0 Å². The number of carboxylic acids is 1. The second-order valence-corrected chi connectivity index (χ2v) is 4.52. The molecule has 1 aromatic rings. The molecule has 5 nitrogen and oxygen atoms in total. The molecular formula is C12H17N3O2. The van der Waals surface area contributed by atoms with Crippen LogP contribution < -0.4 is 0 Å². The van der Waals surface area contributed by atoms with E-state index in [-0.39, 0.29) is 12.0 Å². The summed E-state index contributed by atoms with van der Waals surface area (Å²) in [6, 6.07) is 0.132. The van der Waals surface area contributed by atoms with E-state index in [1.807, 2.05) is 6.92 Å². The fourth-order valence-corrected chi connectivity index (χ4v) is 2.34. The van der Waals surface area contributed by atoms with Crippen LogP contribution in [0.15, 0.2) is 12.4 Å². The normalized spacial score (nSPS) is 22.6. The number of carbonyl (C=O) groups is 1. The lowest BCUT2D eigenvalue weighted by molar-refractivity contribution is -0.141. The number of likely N-dealkylation sites (tertiary alicyclic amines) is 1. The fraction of sp³-hybridized carbons (Fsp3) is 0.583. The first-order valence-corrected chi connectivity index (χ1v) is 5.84. The maximum atomic E-state index is 10.9. The smallest absolute Gasteiger partial charge is 0.307 e. The fourth-order valence-electron chi connectivity index (χ4n) is 2.34. The Labute approximate surface area is 100 Å². The Morgan fingerprint density at radius 2 is 2.24 bits per heavy atom. The molecule has 1 aromatic heterocycles. The van der Waals surface area contributed by atoms with Gasteiger partial charge in [0, 0.05) is 18.9 Å². The summed E-state index contributed by atoms with van der Waals surface area (Å²) < 4.78 is 0. The molecule has 1 aliphatic heterocycles. The first-order chi connectivity index (χ1) is 8.09. The lowest BCUT2D eigenvalue weighted by atomic mass is 10.1. The minimum Gasteiger partial charge on any atom is -0.481 e. The number of hydrogen-bond donors (Lipinski definition) is 1. The molecule has 2 heterocycles. The molecule has 0 aliphatic carbocycles. The summed E-state index contributed by atoms with van der Waals surface area (Å²) >= 11 is 0. The van der Waals surface area contributed by atoms with E-state index in [0.717, 1.165) is 24.4 Å². The molecule has 0 bridgehead atoms. The van der Waals surface area contributed by atoms with E-state index in [4.69, 9.17) is 5.11 Å². The second-order valence-electron chi connectivity index (χ2n) is 4.52. The molecule has 0 amide bonds. The Kier molecular flexibility index (Phi) is 3.38. The van der Waals surface area contributed by atoms with E-state index in [1.165, 1.54) is 0 Å². The predicted octanol–water partition coefficient (Wildman–Crippen LogP) is 1.25. The summed E-state index contributed by atoms with van der Waals surface area (Å²) in [5.74, 6) is -0.940. The topological polar surface area (TPSA) is 66.3 Å². The van der Waals surface area contributed by atoms with Gasteiger partial charge < -0.3 is 5.11 Å². The third-order valence-electron chi connectivity index (χ3n) is 3.43. The van der Waals surface area contributed by atoms with Crippen LogP contribution in [0.2, 0.25) is 0 Å². The second kappa shape index (κ2) is 4.79. The van der Waals surface area contributed by atoms with E-state index >= 15 is 0 Å². The van der Waals surface area contributed by atoms with Gasteiger partial charge in [-0.15, -0.1) is 0 Å². The van der Waals surface area contributed by atoms with E-state index in [0.29, 0.717) is 6.54 Å². The van der Waals surface area contributed by atoms with Gasteiger partial charge in [-0.2, -0.15) is 0 Å². The summed E-state index contributed by atoms with van der Waals surface area (Å²) in [7, 11) is 0. The Bertz CT molecular complexity index is 422. The minimum absolute atomic E-state index is 0.132. The average molecular weight is 235 g/mol. The first kappa shape index (κ1) is 12.0. The number of rotatable bonds is 3. The van der Waals surface area contributed by atoms with Crippen LogP contribution in [0.3, 0.4) is 0 Å². The summed E-state index contributed by atoms with van der Waals surface area (Å²) in [6.07, 6.45) is 4.08. The van der Waals surface area contributed by atoms with Crippen molar-refractivity contribution in [3.63, 3.8) is 0 Å². The third kappa shape index (κ3) is 2.44. The number of nitrogens with zero attached hydrogens (tertiary/aromatic N) is 3. The highest BCUT2D eigenvalue weighted by atomic mass is 16.4. The summed E-state index contributed by atoms with van der Waals surface area (Å²) in [6.45, 7) is 5.41. The van der Waals surface area contributed by atoms with Crippen LogP contribution in [0.25, 0.3) is 0 Å². The van der Waals surface area contributed by atoms with Crippen LogP contribution in [0.5, 0.6) is 0 Å². The summed E-state index contributed by atoms with van der Waals surface area (Å²) in [4.78, 5) is 21.6. The molecule has 0 saturated carbocycles. The van der Waals surface area contributed by atoms with Crippen LogP contribution in [-0.4, -0.2) is 39.0 Å². The lowest BCUT2D eigenvalue weighted by Crippen LogP contribution is -2.27. The molecular weight excluding hydrogens is 218 g/mol. The molecule has 1 N–H and O–H groups in total.